The first-order valence-electron chi connectivity index (χ1n) is 10.3. The SMILES string of the molecule is COc1cc2c(cc1OC)C(c1cccs1)N(C(=O)Cn1c(=O)oc3ccccc31)CC2. The number of rotatable bonds is 5. The fourth-order valence-corrected chi connectivity index (χ4v) is 5.21. The number of benzene rings is 2. The highest BCUT2D eigenvalue weighted by Crippen LogP contribution is 2.42. The second-order valence-corrected chi connectivity index (χ2v) is 8.56. The molecule has 0 N–H and O–H groups in total. The van der Waals surface area contributed by atoms with Crippen molar-refractivity contribution in [1.82, 2.24) is 9.47 Å². The molecule has 0 spiro atoms. The molecule has 1 aliphatic heterocycles. The molecule has 0 saturated heterocycles. The third-order valence-electron chi connectivity index (χ3n) is 5.87. The number of aromatic nitrogens is 1. The van der Waals surface area contributed by atoms with E-state index in [1.165, 1.54) is 4.57 Å². The normalized spacial score (nSPS) is 15.6. The molecule has 32 heavy (non-hydrogen) atoms. The zero-order valence-electron chi connectivity index (χ0n) is 17.7. The van der Waals surface area contributed by atoms with E-state index in [0.717, 1.165) is 16.0 Å². The summed E-state index contributed by atoms with van der Waals surface area (Å²) in [6, 6.07) is 14.8. The first kappa shape index (κ1) is 20.4. The van der Waals surface area contributed by atoms with Crippen molar-refractivity contribution in [2.24, 2.45) is 0 Å². The van der Waals surface area contributed by atoms with Crippen LogP contribution in [0.5, 0.6) is 11.5 Å². The van der Waals surface area contributed by atoms with Crippen LogP contribution in [0.4, 0.5) is 0 Å². The molecule has 7 nitrogen and oxygen atoms in total. The van der Waals surface area contributed by atoms with Crippen LogP contribution in [0.15, 0.2) is 63.1 Å². The zero-order chi connectivity index (χ0) is 22.2. The summed E-state index contributed by atoms with van der Waals surface area (Å²) in [4.78, 5) is 28.8. The van der Waals surface area contributed by atoms with Gasteiger partial charge in [0.1, 0.15) is 6.54 Å². The molecule has 1 atom stereocenters. The van der Waals surface area contributed by atoms with Crippen LogP contribution in [0.3, 0.4) is 0 Å². The Kier molecular flexibility index (Phi) is 5.22. The Labute approximate surface area is 188 Å². The lowest BCUT2D eigenvalue weighted by molar-refractivity contribution is -0.133. The van der Waals surface area contributed by atoms with Gasteiger partial charge in [-0.05, 0) is 53.3 Å². The number of carbonyl (C=O) groups is 1. The van der Waals surface area contributed by atoms with Gasteiger partial charge in [-0.25, -0.2) is 4.79 Å². The topological polar surface area (TPSA) is 73.9 Å². The number of amides is 1. The third-order valence-corrected chi connectivity index (χ3v) is 6.80. The van der Waals surface area contributed by atoms with Crippen LogP contribution in [-0.2, 0) is 17.8 Å². The number of ether oxygens (including phenoxy) is 2. The summed E-state index contributed by atoms with van der Waals surface area (Å²) < 4.78 is 17.7. The van der Waals surface area contributed by atoms with Crippen LogP contribution in [0, 0.1) is 0 Å². The molecule has 3 heterocycles. The highest BCUT2D eigenvalue weighted by atomic mass is 32.1. The zero-order valence-corrected chi connectivity index (χ0v) is 18.6. The number of hydrogen-bond acceptors (Lipinski definition) is 6. The van der Waals surface area contributed by atoms with Gasteiger partial charge in [-0.1, -0.05) is 18.2 Å². The summed E-state index contributed by atoms with van der Waals surface area (Å²) >= 11 is 1.60. The molecule has 164 valence electrons. The van der Waals surface area contributed by atoms with Crippen molar-refractivity contribution in [2.45, 2.75) is 19.0 Å². The Balaban J connectivity index is 1.56. The van der Waals surface area contributed by atoms with Gasteiger partial charge in [0.2, 0.25) is 5.91 Å². The van der Waals surface area contributed by atoms with Crippen molar-refractivity contribution in [3.05, 3.63) is 80.5 Å². The van der Waals surface area contributed by atoms with Crippen LogP contribution in [0.25, 0.3) is 11.1 Å². The fraction of sp³-hybridized carbons (Fsp3) is 0.250. The average Bonchev–Trinajstić information content (AvgIpc) is 3.45. The number of methoxy groups -OCH3 is 2. The smallest absolute Gasteiger partial charge is 0.420 e. The van der Waals surface area contributed by atoms with Gasteiger partial charge in [0.15, 0.2) is 17.1 Å². The second kappa shape index (κ2) is 8.20. The Bertz CT molecular complexity index is 1340. The monoisotopic (exact) mass is 450 g/mol. The minimum absolute atomic E-state index is 0.0830. The Morgan fingerprint density at radius 1 is 1.12 bits per heavy atom. The Morgan fingerprint density at radius 3 is 2.66 bits per heavy atom. The summed E-state index contributed by atoms with van der Waals surface area (Å²) in [5.41, 5.74) is 3.22. The number of thiophene rings is 1. The van der Waals surface area contributed by atoms with E-state index in [4.69, 9.17) is 13.9 Å². The molecule has 1 aliphatic rings. The molecular weight excluding hydrogens is 428 g/mol. The number of nitrogens with zero attached hydrogens (tertiary/aromatic N) is 2. The molecule has 1 unspecified atom stereocenters. The number of para-hydroxylation sites is 2. The first-order valence-corrected chi connectivity index (χ1v) is 11.1. The van der Waals surface area contributed by atoms with Crippen LogP contribution in [0.2, 0.25) is 0 Å². The molecule has 0 aliphatic carbocycles. The number of carbonyl (C=O) groups excluding carboxylic acids is 1. The predicted molar refractivity (Wildman–Crippen MR) is 122 cm³/mol. The van der Waals surface area contributed by atoms with Crippen molar-refractivity contribution < 1.29 is 18.7 Å². The van der Waals surface area contributed by atoms with E-state index in [1.54, 1.807) is 43.8 Å². The minimum Gasteiger partial charge on any atom is -0.493 e. The third kappa shape index (κ3) is 3.36. The van der Waals surface area contributed by atoms with E-state index in [1.807, 2.05) is 40.6 Å². The average molecular weight is 451 g/mol. The van der Waals surface area contributed by atoms with Gasteiger partial charge in [0.25, 0.3) is 0 Å². The van der Waals surface area contributed by atoms with Crippen molar-refractivity contribution in [3.63, 3.8) is 0 Å². The molecule has 0 saturated carbocycles. The lowest BCUT2D eigenvalue weighted by Crippen LogP contribution is -2.42. The standard InChI is InChI=1S/C24H22N2O5S/c1-29-19-12-15-9-10-25(23(21-8-5-11-32-21)16(15)13-20(19)30-2)22(27)14-26-17-6-3-4-7-18(17)31-24(26)28/h3-8,11-13,23H,9-10,14H2,1-2H3. The van der Waals surface area contributed by atoms with Crippen LogP contribution in [-0.4, -0.2) is 36.1 Å². The van der Waals surface area contributed by atoms with Crippen molar-refractivity contribution in [2.75, 3.05) is 20.8 Å². The number of oxazole rings is 1. The molecule has 4 aromatic rings. The minimum atomic E-state index is -0.531. The van der Waals surface area contributed by atoms with Crippen molar-refractivity contribution >= 4 is 28.3 Å². The number of fused-ring (bicyclic) bond motifs is 2. The van der Waals surface area contributed by atoms with E-state index in [2.05, 4.69) is 0 Å². The second-order valence-electron chi connectivity index (χ2n) is 7.58. The predicted octanol–water partition coefficient (Wildman–Crippen LogP) is 3.85. The molecule has 0 fully saturated rings. The van der Waals surface area contributed by atoms with Crippen LogP contribution >= 0.6 is 11.3 Å². The van der Waals surface area contributed by atoms with Crippen molar-refractivity contribution in [3.8, 4) is 11.5 Å². The van der Waals surface area contributed by atoms with Gasteiger partial charge in [0, 0.05) is 11.4 Å². The van der Waals surface area contributed by atoms with Gasteiger partial charge in [-0.15, -0.1) is 11.3 Å². The van der Waals surface area contributed by atoms with Crippen LogP contribution in [0.1, 0.15) is 22.0 Å². The Hall–Kier alpha value is -3.52. The molecule has 2 aromatic heterocycles. The van der Waals surface area contributed by atoms with Gasteiger partial charge >= 0.3 is 5.76 Å². The van der Waals surface area contributed by atoms with Crippen LogP contribution < -0.4 is 15.2 Å². The quantitative estimate of drug-likeness (QED) is 0.462. The number of hydrogen-bond donors (Lipinski definition) is 0. The summed E-state index contributed by atoms with van der Waals surface area (Å²) in [5, 5.41) is 2.00. The maximum Gasteiger partial charge on any atom is 0.420 e. The highest BCUT2D eigenvalue weighted by Gasteiger charge is 2.34. The van der Waals surface area contributed by atoms with E-state index in [0.29, 0.717) is 35.6 Å². The van der Waals surface area contributed by atoms with Gasteiger partial charge in [-0.2, -0.15) is 0 Å². The molecule has 8 heteroatoms. The summed E-state index contributed by atoms with van der Waals surface area (Å²) in [6.45, 7) is 0.453. The molecule has 0 bridgehead atoms. The van der Waals surface area contributed by atoms with Gasteiger partial charge in [-0.3, -0.25) is 9.36 Å². The lowest BCUT2D eigenvalue weighted by atomic mass is 9.90. The molecule has 2 aromatic carbocycles. The fourth-order valence-electron chi connectivity index (χ4n) is 4.36. The lowest BCUT2D eigenvalue weighted by Gasteiger charge is -2.37. The van der Waals surface area contributed by atoms with Crippen molar-refractivity contribution in [1.29, 1.82) is 0 Å². The van der Waals surface area contributed by atoms with E-state index in [-0.39, 0.29) is 18.5 Å². The maximum absolute atomic E-state index is 13.5. The largest absolute Gasteiger partial charge is 0.493 e. The van der Waals surface area contributed by atoms with E-state index >= 15 is 0 Å². The molecular formula is C24H22N2O5S. The Morgan fingerprint density at radius 2 is 1.91 bits per heavy atom. The van der Waals surface area contributed by atoms with Gasteiger partial charge in [0.05, 0.1) is 25.8 Å². The first-order chi connectivity index (χ1) is 15.6. The summed E-state index contributed by atoms with van der Waals surface area (Å²) in [7, 11) is 3.22. The molecule has 0 radical (unpaired) electrons. The maximum atomic E-state index is 13.5. The summed E-state index contributed by atoms with van der Waals surface area (Å²) in [5.74, 6) is 0.625. The summed E-state index contributed by atoms with van der Waals surface area (Å²) in [6.07, 6.45) is 0.685. The molecule has 1 amide bonds. The van der Waals surface area contributed by atoms with E-state index in [9.17, 15) is 9.59 Å². The van der Waals surface area contributed by atoms with E-state index < -0.39 is 5.76 Å². The van der Waals surface area contributed by atoms with Gasteiger partial charge < -0.3 is 18.8 Å². The highest BCUT2D eigenvalue weighted by molar-refractivity contribution is 7.10. The molecule has 5 rings (SSSR count).